The van der Waals surface area contributed by atoms with Crippen LogP contribution >= 0.6 is 15.9 Å². The van der Waals surface area contributed by atoms with Crippen molar-refractivity contribution in [3.05, 3.63) is 76.4 Å². The molecule has 4 heteroatoms. The molecule has 0 saturated carbocycles. The Morgan fingerprint density at radius 2 is 1.52 bits per heavy atom. The second kappa shape index (κ2) is 6.92. The molecule has 0 radical (unpaired) electrons. The van der Waals surface area contributed by atoms with Crippen LogP contribution in [-0.2, 0) is 6.54 Å². The van der Waals surface area contributed by atoms with Crippen molar-refractivity contribution >= 4 is 21.7 Å². The Labute approximate surface area is 145 Å². The molecule has 1 heterocycles. The lowest BCUT2D eigenvalue weighted by molar-refractivity contribution is 0.855. The van der Waals surface area contributed by atoms with E-state index in [1.807, 2.05) is 38.2 Å². The summed E-state index contributed by atoms with van der Waals surface area (Å²) in [6, 6.07) is 20.7. The first-order valence-electron chi connectivity index (χ1n) is 7.50. The fourth-order valence-electron chi connectivity index (χ4n) is 2.56. The Kier molecular flexibility index (Phi) is 4.72. The van der Waals surface area contributed by atoms with Gasteiger partial charge in [-0.25, -0.2) is 0 Å². The molecule has 0 amide bonds. The van der Waals surface area contributed by atoms with Crippen LogP contribution in [0.3, 0.4) is 0 Å². The van der Waals surface area contributed by atoms with Crippen molar-refractivity contribution < 1.29 is 0 Å². The molecule has 1 aromatic heterocycles. The number of halogens is 1. The van der Waals surface area contributed by atoms with Crippen molar-refractivity contribution in [1.82, 2.24) is 10.2 Å². The van der Waals surface area contributed by atoms with Crippen molar-refractivity contribution in [3.8, 4) is 11.1 Å². The smallest absolute Gasteiger partial charge is 0.160 e. The van der Waals surface area contributed by atoms with E-state index < -0.39 is 0 Å². The van der Waals surface area contributed by atoms with Gasteiger partial charge in [-0.2, -0.15) is 5.10 Å². The zero-order valence-corrected chi connectivity index (χ0v) is 14.8. The topological polar surface area (TPSA) is 29.0 Å². The van der Waals surface area contributed by atoms with Gasteiger partial charge in [0.05, 0.1) is 10.2 Å². The lowest BCUT2D eigenvalue weighted by atomic mass is 10.1. The van der Waals surface area contributed by atoms with Gasteiger partial charge in [-0.15, -0.1) is 5.10 Å². The lowest BCUT2D eigenvalue weighted by Crippen LogP contribution is -2.19. The standard InChI is InChI=1S/C19H18BrN3/c1-14-18(20)17(16-11-7-4-8-12-16)19(22-21-14)23(2)13-15-9-5-3-6-10-15/h3-12H,13H2,1-2H3. The summed E-state index contributed by atoms with van der Waals surface area (Å²) in [6.07, 6.45) is 0. The van der Waals surface area contributed by atoms with Gasteiger partial charge in [0, 0.05) is 19.2 Å². The molecule has 0 atom stereocenters. The van der Waals surface area contributed by atoms with Gasteiger partial charge in [-0.1, -0.05) is 60.7 Å². The first-order valence-corrected chi connectivity index (χ1v) is 8.29. The summed E-state index contributed by atoms with van der Waals surface area (Å²) in [5.41, 5.74) is 4.34. The summed E-state index contributed by atoms with van der Waals surface area (Å²) in [7, 11) is 2.05. The van der Waals surface area contributed by atoms with Crippen LogP contribution in [0.1, 0.15) is 11.3 Å². The fraction of sp³-hybridized carbons (Fsp3) is 0.158. The van der Waals surface area contributed by atoms with Crippen LogP contribution in [0.2, 0.25) is 0 Å². The molecular formula is C19H18BrN3. The number of hydrogen-bond donors (Lipinski definition) is 0. The van der Waals surface area contributed by atoms with Crippen molar-refractivity contribution in [1.29, 1.82) is 0 Å². The summed E-state index contributed by atoms with van der Waals surface area (Å²) in [4.78, 5) is 2.13. The van der Waals surface area contributed by atoms with Gasteiger partial charge in [0.25, 0.3) is 0 Å². The maximum absolute atomic E-state index is 4.46. The number of nitrogens with zero attached hydrogens (tertiary/aromatic N) is 3. The van der Waals surface area contributed by atoms with Crippen LogP contribution < -0.4 is 4.90 Å². The number of anilines is 1. The molecule has 0 aliphatic heterocycles. The van der Waals surface area contributed by atoms with E-state index in [4.69, 9.17) is 0 Å². The van der Waals surface area contributed by atoms with E-state index in [9.17, 15) is 0 Å². The van der Waals surface area contributed by atoms with Crippen LogP contribution in [0.15, 0.2) is 65.1 Å². The van der Waals surface area contributed by atoms with Crippen LogP contribution in [0.25, 0.3) is 11.1 Å². The number of rotatable bonds is 4. The van der Waals surface area contributed by atoms with E-state index in [1.165, 1.54) is 5.56 Å². The molecule has 0 aliphatic rings. The number of benzene rings is 2. The van der Waals surface area contributed by atoms with E-state index in [-0.39, 0.29) is 0 Å². The van der Waals surface area contributed by atoms with Crippen LogP contribution in [0.5, 0.6) is 0 Å². The normalized spacial score (nSPS) is 10.6. The van der Waals surface area contributed by atoms with Crippen molar-refractivity contribution in [2.75, 3.05) is 11.9 Å². The monoisotopic (exact) mass is 367 g/mol. The van der Waals surface area contributed by atoms with Crippen LogP contribution in [0.4, 0.5) is 5.82 Å². The van der Waals surface area contributed by atoms with Crippen LogP contribution in [0, 0.1) is 6.92 Å². The summed E-state index contributed by atoms with van der Waals surface area (Å²) < 4.78 is 0.994. The SMILES string of the molecule is Cc1nnc(N(C)Cc2ccccc2)c(-c2ccccc2)c1Br. The molecule has 23 heavy (non-hydrogen) atoms. The zero-order chi connectivity index (χ0) is 16.2. The third-order valence-corrected chi connectivity index (χ3v) is 4.71. The number of aromatic nitrogens is 2. The fourth-order valence-corrected chi connectivity index (χ4v) is 3.04. The Balaban J connectivity index is 2.04. The lowest BCUT2D eigenvalue weighted by Gasteiger charge is -2.22. The Morgan fingerprint density at radius 3 is 2.17 bits per heavy atom. The van der Waals surface area contributed by atoms with Crippen molar-refractivity contribution in [2.45, 2.75) is 13.5 Å². The highest BCUT2D eigenvalue weighted by atomic mass is 79.9. The summed E-state index contributed by atoms with van der Waals surface area (Å²) in [6.45, 7) is 2.75. The number of hydrogen-bond acceptors (Lipinski definition) is 3. The molecule has 3 aromatic rings. The Bertz CT molecular complexity index is 788. The predicted octanol–water partition coefficient (Wildman–Crippen LogP) is 4.85. The van der Waals surface area contributed by atoms with E-state index in [2.05, 4.69) is 67.4 Å². The van der Waals surface area contributed by atoms with Gasteiger partial charge in [0.15, 0.2) is 5.82 Å². The molecule has 0 aliphatic carbocycles. The predicted molar refractivity (Wildman–Crippen MR) is 98.5 cm³/mol. The van der Waals surface area contributed by atoms with Crippen molar-refractivity contribution in [3.63, 3.8) is 0 Å². The maximum atomic E-state index is 4.46. The van der Waals surface area contributed by atoms with Crippen molar-refractivity contribution in [2.24, 2.45) is 0 Å². The summed E-state index contributed by atoms with van der Waals surface area (Å²) >= 11 is 3.69. The average Bonchev–Trinajstić information content (AvgIpc) is 2.58. The zero-order valence-electron chi connectivity index (χ0n) is 13.2. The molecule has 0 fully saturated rings. The van der Waals surface area contributed by atoms with Gasteiger partial charge in [-0.3, -0.25) is 0 Å². The summed E-state index contributed by atoms with van der Waals surface area (Å²) in [5, 5.41) is 8.75. The molecule has 3 rings (SSSR count). The molecule has 0 N–H and O–H groups in total. The molecule has 0 bridgehead atoms. The van der Waals surface area contributed by atoms with Crippen LogP contribution in [-0.4, -0.2) is 17.2 Å². The molecule has 0 saturated heterocycles. The second-order valence-corrected chi connectivity index (χ2v) is 6.30. The highest BCUT2D eigenvalue weighted by Crippen LogP contribution is 2.36. The molecule has 0 spiro atoms. The van der Waals surface area contributed by atoms with Gasteiger partial charge in [0.1, 0.15) is 0 Å². The summed E-state index contributed by atoms with van der Waals surface area (Å²) in [5.74, 6) is 0.873. The maximum Gasteiger partial charge on any atom is 0.160 e. The quantitative estimate of drug-likeness (QED) is 0.659. The third kappa shape index (κ3) is 3.42. The van der Waals surface area contributed by atoms with E-state index >= 15 is 0 Å². The van der Waals surface area contributed by atoms with Gasteiger partial charge in [0.2, 0.25) is 0 Å². The first kappa shape index (κ1) is 15.7. The van der Waals surface area contributed by atoms with E-state index in [0.29, 0.717) is 0 Å². The minimum Gasteiger partial charge on any atom is -0.353 e. The average molecular weight is 368 g/mol. The molecule has 2 aromatic carbocycles. The minimum atomic E-state index is 0.783. The van der Waals surface area contributed by atoms with E-state index in [1.54, 1.807) is 0 Å². The second-order valence-electron chi connectivity index (χ2n) is 5.51. The molecule has 3 nitrogen and oxygen atoms in total. The van der Waals surface area contributed by atoms with Gasteiger partial charge >= 0.3 is 0 Å². The third-order valence-electron chi connectivity index (χ3n) is 3.74. The molecule has 116 valence electrons. The Hall–Kier alpha value is -2.20. The van der Waals surface area contributed by atoms with E-state index in [0.717, 1.165) is 33.7 Å². The van der Waals surface area contributed by atoms with Gasteiger partial charge in [-0.05, 0) is 34.0 Å². The Morgan fingerprint density at radius 1 is 0.913 bits per heavy atom. The first-order chi connectivity index (χ1) is 11.2. The molecular weight excluding hydrogens is 350 g/mol. The molecule has 0 unspecified atom stereocenters. The number of aryl methyl sites for hydroxylation is 1. The largest absolute Gasteiger partial charge is 0.353 e. The minimum absolute atomic E-state index is 0.783. The van der Waals surface area contributed by atoms with Gasteiger partial charge < -0.3 is 4.90 Å². The highest BCUT2D eigenvalue weighted by Gasteiger charge is 2.17. The highest BCUT2D eigenvalue weighted by molar-refractivity contribution is 9.10.